The molecule has 0 aliphatic heterocycles. The summed E-state index contributed by atoms with van der Waals surface area (Å²) in [7, 11) is -3.79. The summed E-state index contributed by atoms with van der Waals surface area (Å²) in [5.41, 5.74) is -1.62. The molecule has 2 rings (SSSR count). The van der Waals surface area contributed by atoms with Crippen molar-refractivity contribution in [3.63, 3.8) is 0 Å². The zero-order chi connectivity index (χ0) is 27.7. The van der Waals surface area contributed by atoms with Crippen LogP contribution in [-0.2, 0) is 4.12 Å². The minimum absolute atomic E-state index is 0.223. The van der Waals surface area contributed by atoms with Crippen LogP contribution < -0.4 is 0 Å². The Hall–Kier alpha value is -1.91. The summed E-state index contributed by atoms with van der Waals surface area (Å²) < 4.78 is 6.74. The molecule has 0 saturated heterocycles. The van der Waals surface area contributed by atoms with Gasteiger partial charge in [0, 0.05) is 11.1 Å². The summed E-state index contributed by atoms with van der Waals surface area (Å²) in [5.74, 6) is -0.447. The van der Waals surface area contributed by atoms with Crippen LogP contribution in [0, 0.1) is 0 Å². The molecule has 2 N–H and O–H groups in total. The van der Waals surface area contributed by atoms with Crippen molar-refractivity contribution >= 4 is 28.2 Å². The highest BCUT2D eigenvalue weighted by Gasteiger charge is 2.35. The Morgan fingerprint density at radius 3 is 1.30 bits per heavy atom. The number of unbranched alkanes of at least 4 members (excludes halogenated alkanes) is 2. The zero-order valence-electron chi connectivity index (χ0n) is 23.5. The van der Waals surface area contributed by atoms with Crippen molar-refractivity contribution in [2.45, 2.75) is 102 Å². The molecule has 0 heterocycles. The van der Waals surface area contributed by atoms with E-state index in [-0.39, 0.29) is 11.6 Å². The van der Waals surface area contributed by atoms with Crippen LogP contribution in [0.5, 0.6) is 0 Å². The number of carbonyl (C=O) groups is 2. The monoisotopic (exact) mass is 542 g/mol. The van der Waals surface area contributed by atoms with E-state index < -0.39 is 27.8 Å². The SMILES string of the molecule is CC(O)(CCCC[Si](C)(C)O[Si](C)(C)CCCCC(C)(O)C(=O)c1ccccc1)C(=O)c1ccccc1. The van der Waals surface area contributed by atoms with E-state index in [1.165, 1.54) is 0 Å². The van der Waals surface area contributed by atoms with Gasteiger partial charge in [0.05, 0.1) is 0 Å². The molecule has 0 aliphatic carbocycles. The van der Waals surface area contributed by atoms with E-state index >= 15 is 0 Å². The van der Waals surface area contributed by atoms with Gasteiger partial charge in [-0.05, 0) is 65.0 Å². The molecule has 0 fully saturated rings. The molecule has 2 atom stereocenters. The molecular weight excluding hydrogens is 496 g/mol. The minimum Gasteiger partial charge on any atom is -0.455 e. The Labute approximate surface area is 225 Å². The van der Waals surface area contributed by atoms with Crippen LogP contribution in [0.3, 0.4) is 0 Å². The fourth-order valence-electron chi connectivity index (χ4n) is 4.92. The second-order valence-corrected chi connectivity index (χ2v) is 20.8. The molecule has 0 spiro atoms. The molecule has 2 unspecified atom stereocenters. The highest BCUT2D eigenvalue weighted by Crippen LogP contribution is 2.28. The van der Waals surface area contributed by atoms with Crippen LogP contribution in [0.2, 0.25) is 38.3 Å². The Morgan fingerprint density at radius 1 is 0.649 bits per heavy atom. The first-order chi connectivity index (χ1) is 17.2. The lowest BCUT2D eigenvalue weighted by Gasteiger charge is -2.34. The van der Waals surface area contributed by atoms with Crippen LogP contribution in [0.15, 0.2) is 60.7 Å². The smallest absolute Gasteiger partial charge is 0.194 e. The number of rotatable bonds is 16. The zero-order valence-corrected chi connectivity index (χ0v) is 25.5. The van der Waals surface area contributed by atoms with E-state index in [1.807, 2.05) is 36.4 Å². The van der Waals surface area contributed by atoms with Gasteiger partial charge in [-0.15, -0.1) is 0 Å². The third-order valence-corrected chi connectivity index (χ3v) is 14.5. The number of hydrogen-bond acceptors (Lipinski definition) is 5. The van der Waals surface area contributed by atoms with Crippen LogP contribution in [-0.4, -0.2) is 49.6 Å². The quantitative estimate of drug-likeness (QED) is 0.135. The summed E-state index contributed by atoms with van der Waals surface area (Å²) in [6, 6.07) is 19.9. The number of Topliss-reactive ketones (excluding diaryl/α,β-unsaturated/α-hetero) is 2. The van der Waals surface area contributed by atoms with Gasteiger partial charge >= 0.3 is 0 Å². The van der Waals surface area contributed by atoms with Crippen LogP contribution in [0.1, 0.15) is 73.1 Å². The predicted octanol–water partition coefficient (Wildman–Crippen LogP) is 7.02. The Morgan fingerprint density at radius 2 is 0.973 bits per heavy atom. The number of carbonyl (C=O) groups excluding carboxylic acids is 2. The van der Waals surface area contributed by atoms with Gasteiger partial charge in [-0.25, -0.2) is 0 Å². The molecule has 0 amide bonds. The van der Waals surface area contributed by atoms with Crippen LogP contribution >= 0.6 is 0 Å². The molecule has 0 radical (unpaired) electrons. The van der Waals surface area contributed by atoms with Crippen molar-refractivity contribution in [2.75, 3.05) is 0 Å². The van der Waals surface area contributed by atoms with Crippen LogP contribution in [0.4, 0.5) is 0 Å². The molecule has 204 valence electrons. The first-order valence-electron chi connectivity index (χ1n) is 13.5. The van der Waals surface area contributed by atoms with Gasteiger partial charge < -0.3 is 14.3 Å². The molecule has 2 aromatic carbocycles. The largest absolute Gasteiger partial charge is 0.455 e. The van der Waals surface area contributed by atoms with E-state index in [9.17, 15) is 19.8 Å². The number of hydrogen-bond donors (Lipinski definition) is 2. The first kappa shape index (κ1) is 31.3. The Balaban J connectivity index is 1.74. The molecule has 5 nitrogen and oxygen atoms in total. The second kappa shape index (κ2) is 13.2. The number of ketones is 2. The van der Waals surface area contributed by atoms with E-state index in [1.54, 1.807) is 38.1 Å². The average Bonchev–Trinajstić information content (AvgIpc) is 2.84. The van der Waals surface area contributed by atoms with Crippen molar-refractivity contribution in [2.24, 2.45) is 0 Å². The van der Waals surface area contributed by atoms with Crippen molar-refractivity contribution in [1.29, 1.82) is 0 Å². The maximum absolute atomic E-state index is 12.6. The van der Waals surface area contributed by atoms with Gasteiger partial charge in [0.1, 0.15) is 11.2 Å². The molecule has 0 aromatic heterocycles. The highest BCUT2D eigenvalue weighted by molar-refractivity contribution is 6.84. The van der Waals surface area contributed by atoms with Crippen molar-refractivity contribution < 1.29 is 23.9 Å². The van der Waals surface area contributed by atoms with E-state index in [4.69, 9.17) is 4.12 Å². The van der Waals surface area contributed by atoms with E-state index in [0.29, 0.717) is 24.0 Å². The maximum Gasteiger partial charge on any atom is 0.194 e. The normalized spacial score (nSPS) is 15.6. The lowest BCUT2D eigenvalue weighted by atomic mass is 9.90. The Bertz CT molecular complexity index is 920. The lowest BCUT2D eigenvalue weighted by molar-refractivity contribution is 0.0357. The standard InChI is InChI=1S/C30H46O5Si2/c1-29(33,27(31)25-17-9-7-10-18-25)21-13-15-23-36(3,4)35-37(5,6)24-16-14-22-30(2,34)28(32)26-19-11-8-12-20-26/h7-12,17-20,33-34H,13-16,21-24H2,1-6H3. The third kappa shape index (κ3) is 10.4. The summed E-state index contributed by atoms with van der Waals surface area (Å²) in [6.45, 7) is 12.2. The summed E-state index contributed by atoms with van der Waals surface area (Å²) in [5, 5.41) is 21.5. The summed E-state index contributed by atoms with van der Waals surface area (Å²) >= 11 is 0. The molecular formula is C30H46O5Si2. The molecule has 0 aliphatic rings. The fourth-order valence-corrected chi connectivity index (χ4v) is 13.9. The first-order valence-corrected chi connectivity index (χ1v) is 19.7. The third-order valence-electron chi connectivity index (χ3n) is 6.99. The highest BCUT2D eigenvalue weighted by atomic mass is 28.4. The van der Waals surface area contributed by atoms with Crippen molar-refractivity contribution in [1.82, 2.24) is 0 Å². The van der Waals surface area contributed by atoms with Crippen molar-refractivity contribution in [3.05, 3.63) is 71.8 Å². The molecule has 37 heavy (non-hydrogen) atoms. The van der Waals surface area contributed by atoms with Gasteiger partial charge in [0.15, 0.2) is 28.2 Å². The predicted molar refractivity (Wildman–Crippen MR) is 156 cm³/mol. The van der Waals surface area contributed by atoms with Crippen LogP contribution in [0.25, 0.3) is 0 Å². The topological polar surface area (TPSA) is 83.8 Å². The number of aliphatic hydroxyl groups is 2. The van der Waals surface area contributed by atoms with Gasteiger partial charge in [-0.3, -0.25) is 9.59 Å². The lowest BCUT2D eigenvalue weighted by Crippen LogP contribution is -2.44. The summed E-state index contributed by atoms with van der Waals surface area (Å²) in [6.07, 6.45) is 4.27. The van der Waals surface area contributed by atoms with Crippen molar-refractivity contribution in [3.8, 4) is 0 Å². The fraction of sp³-hybridized carbons (Fsp3) is 0.533. The van der Waals surface area contributed by atoms with Gasteiger partial charge in [-0.1, -0.05) is 86.3 Å². The molecule has 0 bridgehead atoms. The van der Waals surface area contributed by atoms with Gasteiger partial charge in [0.25, 0.3) is 0 Å². The Kier molecular flexibility index (Phi) is 11.2. The van der Waals surface area contributed by atoms with E-state index in [0.717, 1.165) is 37.8 Å². The maximum atomic E-state index is 12.6. The molecule has 0 saturated carbocycles. The summed E-state index contributed by atoms with van der Waals surface area (Å²) in [4.78, 5) is 25.3. The van der Waals surface area contributed by atoms with Gasteiger partial charge in [0.2, 0.25) is 0 Å². The average molecular weight is 543 g/mol. The van der Waals surface area contributed by atoms with E-state index in [2.05, 4.69) is 26.2 Å². The minimum atomic E-state index is -1.89. The molecule has 7 heteroatoms. The van der Waals surface area contributed by atoms with Gasteiger partial charge in [-0.2, -0.15) is 0 Å². The number of benzene rings is 2. The second-order valence-electron chi connectivity index (χ2n) is 12.0. The molecule has 2 aromatic rings.